The number of carbonyl (C=O) groups is 1. The van der Waals surface area contributed by atoms with Crippen molar-refractivity contribution in [2.75, 3.05) is 24.5 Å². The number of nitrogens with zero attached hydrogens (tertiary/aromatic N) is 1. The summed E-state index contributed by atoms with van der Waals surface area (Å²) in [6.45, 7) is 3.40. The molecule has 1 aliphatic carbocycles. The van der Waals surface area contributed by atoms with E-state index in [1.807, 2.05) is 11.8 Å². The smallest absolute Gasteiger partial charge is 0.416 e. The molecule has 8 heteroatoms. The molecule has 2 aliphatic rings. The fraction of sp³-hybridized carbons (Fsp3) is 0.571. The van der Waals surface area contributed by atoms with Crippen molar-refractivity contribution in [3.8, 4) is 0 Å². The summed E-state index contributed by atoms with van der Waals surface area (Å²) in [7, 11) is 0. The van der Waals surface area contributed by atoms with Crippen molar-refractivity contribution in [1.82, 2.24) is 5.32 Å². The van der Waals surface area contributed by atoms with Gasteiger partial charge in [0.2, 0.25) is 5.76 Å². The summed E-state index contributed by atoms with van der Waals surface area (Å²) in [5, 5.41) is 13.2. The molecule has 1 saturated carbocycles. The number of aliphatic hydroxyl groups is 1. The summed E-state index contributed by atoms with van der Waals surface area (Å²) in [6.07, 6.45) is -0.242. The van der Waals surface area contributed by atoms with E-state index in [-0.39, 0.29) is 11.3 Å². The summed E-state index contributed by atoms with van der Waals surface area (Å²) in [6, 6.07) is 3.32. The lowest BCUT2D eigenvalue weighted by Crippen LogP contribution is -2.34. The van der Waals surface area contributed by atoms with E-state index < -0.39 is 23.2 Å². The number of amides is 1. The first-order chi connectivity index (χ1) is 13.6. The quantitative estimate of drug-likeness (QED) is 0.791. The van der Waals surface area contributed by atoms with Gasteiger partial charge in [0.15, 0.2) is 0 Å². The molecule has 29 heavy (non-hydrogen) atoms. The second-order valence-corrected chi connectivity index (χ2v) is 8.46. The van der Waals surface area contributed by atoms with Crippen LogP contribution in [-0.2, 0) is 6.18 Å². The zero-order chi connectivity index (χ0) is 20.8. The number of fused-ring (bicyclic) bond motifs is 3. The molecular weight excluding hydrogens is 385 g/mol. The monoisotopic (exact) mass is 410 g/mol. The number of hydrogen-bond acceptors (Lipinski definition) is 4. The number of rotatable bonds is 3. The molecule has 1 aromatic heterocycles. The van der Waals surface area contributed by atoms with Gasteiger partial charge in [0.25, 0.3) is 5.91 Å². The highest BCUT2D eigenvalue weighted by atomic mass is 19.4. The summed E-state index contributed by atoms with van der Waals surface area (Å²) in [4.78, 5) is 14.4. The maximum Gasteiger partial charge on any atom is 0.416 e. The van der Waals surface area contributed by atoms with E-state index in [4.69, 9.17) is 4.42 Å². The Balaban J connectivity index is 1.63. The van der Waals surface area contributed by atoms with E-state index in [9.17, 15) is 23.1 Å². The van der Waals surface area contributed by atoms with Gasteiger partial charge in [-0.05, 0) is 63.1 Å². The van der Waals surface area contributed by atoms with Gasteiger partial charge in [0, 0.05) is 25.0 Å². The van der Waals surface area contributed by atoms with Crippen molar-refractivity contribution < 1.29 is 27.5 Å². The average Bonchev–Trinajstić information content (AvgIpc) is 2.96. The second-order valence-electron chi connectivity index (χ2n) is 8.46. The minimum atomic E-state index is -4.46. The summed E-state index contributed by atoms with van der Waals surface area (Å²) >= 11 is 0. The standard InChI is InChI=1S/C21H25F3N2O3/c1-20(28)7-4-13(5-8-20)6-10-26-11-9-25-19(27)18-17(26)15-12-14(21(22,23)24)2-3-16(15)29-18/h2-3,12-13,28H,4-11H2,1H3,(H,25,27)/t13-,20-. The highest BCUT2D eigenvalue weighted by Gasteiger charge is 2.34. The van der Waals surface area contributed by atoms with Crippen LogP contribution in [0, 0.1) is 5.92 Å². The number of anilines is 1. The summed E-state index contributed by atoms with van der Waals surface area (Å²) in [5.74, 6) is 0.124. The lowest BCUT2D eigenvalue weighted by molar-refractivity contribution is -0.137. The third-order valence-electron chi connectivity index (χ3n) is 6.17. The van der Waals surface area contributed by atoms with Gasteiger partial charge in [-0.3, -0.25) is 4.79 Å². The van der Waals surface area contributed by atoms with E-state index in [1.165, 1.54) is 6.07 Å². The van der Waals surface area contributed by atoms with E-state index in [0.717, 1.165) is 44.2 Å². The van der Waals surface area contributed by atoms with Gasteiger partial charge in [0.05, 0.1) is 16.9 Å². The molecule has 1 aliphatic heterocycles. The molecule has 1 amide bonds. The Kier molecular flexibility index (Phi) is 5.01. The zero-order valence-corrected chi connectivity index (χ0v) is 16.3. The van der Waals surface area contributed by atoms with E-state index in [0.29, 0.717) is 36.6 Å². The van der Waals surface area contributed by atoms with Gasteiger partial charge in [-0.25, -0.2) is 0 Å². The molecule has 0 radical (unpaired) electrons. The molecular formula is C21H25F3N2O3. The maximum absolute atomic E-state index is 13.2. The zero-order valence-electron chi connectivity index (χ0n) is 16.3. The Bertz CT molecular complexity index is 910. The third-order valence-corrected chi connectivity index (χ3v) is 6.17. The predicted molar refractivity (Wildman–Crippen MR) is 103 cm³/mol. The van der Waals surface area contributed by atoms with E-state index in [2.05, 4.69) is 5.32 Å². The van der Waals surface area contributed by atoms with E-state index >= 15 is 0 Å². The van der Waals surface area contributed by atoms with Crippen molar-refractivity contribution >= 4 is 22.6 Å². The lowest BCUT2D eigenvalue weighted by Gasteiger charge is -2.34. The van der Waals surface area contributed by atoms with Crippen LogP contribution in [0.5, 0.6) is 0 Å². The van der Waals surface area contributed by atoms with E-state index in [1.54, 1.807) is 0 Å². The van der Waals surface area contributed by atoms with Crippen LogP contribution in [0.3, 0.4) is 0 Å². The van der Waals surface area contributed by atoms with Crippen LogP contribution in [0.1, 0.15) is 55.1 Å². The fourth-order valence-electron chi connectivity index (χ4n) is 4.38. The first kappa shape index (κ1) is 20.1. The third kappa shape index (κ3) is 4.08. The first-order valence-corrected chi connectivity index (χ1v) is 10.0. The number of nitrogens with one attached hydrogen (secondary N) is 1. The van der Waals surface area contributed by atoms with Crippen molar-refractivity contribution in [1.29, 1.82) is 0 Å². The average molecular weight is 410 g/mol. The Morgan fingerprint density at radius 2 is 2.03 bits per heavy atom. The molecule has 1 aromatic carbocycles. The van der Waals surface area contributed by atoms with Gasteiger partial charge in [-0.2, -0.15) is 13.2 Å². The Morgan fingerprint density at radius 3 is 2.72 bits per heavy atom. The Morgan fingerprint density at radius 1 is 1.31 bits per heavy atom. The molecule has 0 unspecified atom stereocenters. The van der Waals surface area contributed by atoms with Crippen molar-refractivity contribution in [3.63, 3.8) is 0 Å². The molecule has 2 N–H and O–H groups in total. The molecule has 158 valence electrons. The van der Waals surface area contributed by atoms with Gasteiger partial charge in [0.1, 0.15) is 5.58 Å². The van der Waals surface area contributed by atoms with Crippen molar-refractivity contribution in [2.24, 2.45) is 5.92 Å². The summed E-state index contributed by atoms with van der Waals surface area (Å²) in [5.41, 5.74) is -0.632. The number of benzene rings is 1. The Labute approximate surface area is 166 Å². The largest absolute Gasteiger partial charge is 0.449 e. The van der Waals surface area contributed by atoms with Gasteiger partial charge in [-0.15, -0.1) is 0 Å². The molecule has 0 bridgehead atoms. The van der Waals surface area contributed by atoms with Crippen LogP contribution in [-0.4, -0.2) is 36.2 Å². The molecule has 0 atom stereocenters. The molecule has 5 nitrogen and oxygen atoms in total. The highest BCUT2D eigenvalue weighted by Crippen LogP contribution is 2.40. The first-order valence-electron chi connectivity index (χ1n) is 10.0. The van der Waals surface area contributed by atoms with Gasteiger partial charge >= 0.3 is 6.18 Å². The number of carbonyl (C=O) groups excluding carboxylic acids is 1. The minimum Gasteiger partial charge on any atom is -0.449 e. The van der Waals surface area contributed by atoms with Crippen LogP contribution in [0.25, 0.3) is 11.0 Å². The number of halogens is 3. The SMILES string of the molecule is C[C@]1(O)CC[C@H](CCN2CCNC(=O)c3oc4ccc(C(F)(F)F)cc4c32)CC1. The van der Waals surface area contributed by atoms with Crippen molar-refractivity contribution in [2.45, 2.75) is 50.8 Å². The minimum absolute atomic E-state index is 0.0726. The topological polar surface area (TPSA) is 65.7 Å². The van der Waals surface area contributed by atoms with Gasteiger partial charge < -0.3 is 19.7 Å². The van der Waals surface area contributed by atoms with Crippen LogP contribution in [0.2, 0.25) is 0 Å². The van der Waals surface area contributed by atoms with Crippen molar-refractivity contribution in [3.05, 3.63) is 29.5 Å². The summed E-state index contributed by atoms with van der Waals surface area (Å²) < 4.78 is 45.3. The Hall–Kier alpha value is -2.22. The molecule has 0 saturated heterocycles. The molecule has 4 rings (SSSR count). The number of furan rings is 1. The maximum atomic E-state index is 13.2. The number of alkyl halides is 3. The molecule has 2 aromatic rings. The lowest BCUT2D eigenvalue weighted by atomic mass is 9.78. The normalized spacial score (nSPS) is 25.6. The van der Waals surface area contributed by atoms with Crippen LogP contribution in [0.4, 0.5) is 18.9 Å². The van der Waals surface area contributed by atoms with Crippen LogP contribution < -0.4 is 10.2 Å². The van der Waals surface area contributed by atoms with Crippen LogP contribution >= 0.6 is 0 Å². The number of hydrogen-bond donors (Lipinski definition) is 2. The molecule has 2 heterocycles. The second kappa shape index (κ2) is 7.23. The fourth-order valence-corrected chi connectivity index (χ4v) is 4.38. The van der Waals surface area contributed by atoms with Crippen LogP contribution in [0.15, 0.2) is 22.6 Å². The predicted octanol–water partition coefficient (Wildman–Crippen LogP) is 4.33. The highest BCUT2D eigenvalue weighted by molar-refractivity contribution is 6.07. The molecule has 0 spiro atoms. The molecule has 1 fully saturated rings. The van der Waals surface area contributed by atoms with Gasteiger partial charge in [-0.1, -0.05) is 0 Å².